The van der Waals surface area contributed by atoms with Crippen molar-refractivity contribution in [1.29, 1.82) is 0 Å². The second kappa shape index (κ2) is 9.07. The topological polar surface area (TPSA) is 88.8 Å². The van der Waals surface area contributed by atoms with Crippen LogP contribution in [0.2, 0.25) is 0 Å². The molecule has 2 aromatic rings. The fourth-order valence-corrected chi connectivity index (χ4v) is 5.02. The van der Waals surface area contributed by atoms with Crippen LogP contribution in [0.25, 0.3) is 11.5 Å². The molecule has 1 aromatic carbocycles. The molecule has 0 N–H and O–H groups in total. The van der Waals surface area contributed by atoms with Gasteiger partial charge in [0.15, 0.2) is 0 Å². The van der Waals surface area contributed by atoms with Gasteiger partial charge in [0.25, 0.3) is 11.8 Å². The molecule has 3 heterocycles. The fourth-order valence-electron chi connectivity index (χ4n) is 5.02. The highest BCUT2D eigenvalue weighted by Gasteiger charge is 2.40. The van der Waals surface area contributed by atoms with Crippen LogP contribution in [0.3, 0.4) is 0 Å². The van der Waals surface area contributed by atoms with Crippen LogP contribution in [-0.2, 0) is 11.3 Å². The number of rotatable bonds is 4. The first-order valence-corrected chi connectivity index (χ1v) is 11.5. The predicted octanol–water partition coefficient (Wildman–Crippen LogP) is 4.56. The summed E-state index contributed by atoms with van der Waals surface area (Å²) >= 11 is 0. The van der Waals surface area contributed by atoms with E-state index in [9.17, 15) is 18.4 Å². The van der Waals surface area contributed by atoms with E-state index in [-0.39, 0.29) is 30.0 Å². The zero-order valence-corrected chi connectivity index (χ0v) is 18.2. The van der Waals surface area contributed by atoms with Gasteiger partial charge in [0.2, 0.25) is 5.89 Å². The molecule has 0 radical (unpaired) electrons. The minimum Gasteiger partial charge on any atom is -0.444 e. The summed E-state index contributed by atoms with van der Waals surface area (Å²) in [6.07, 6.45) is 3.05. The minimum atomic E-state index is -2.85. The molecule has 2 fully saturated rings. The van der Waals surface area contributed by atoms with E-state index in [2.05, 4.69) is 10.2 Å². The summed E-state index contributed by atoms with van der Waals surface area (Å²) in [4.78, 5) is 29.6. The van der Waals surface area contributed by atoms with E-state index < -0.39 is 12.3 Å². The quantitative estimate of drug-likeness (QED) is 0.665. The molecule has 0 bridgehead atoms. The number of piperidine rings is 1. The van der Waals surface area contributed by atoms with E-state index in [4.69, 9.17) is 9.15 Å². The van der Waals surface area contributed by atoms with Gasteiger partial charge in [-0.3, -0.25) is 4.79 Å². The van der Waals surface area contributed by atoms with Crippen molar-refractivity contribution in [3.63, 3.8) is 0 Å². The van der Waals surface area contributed by atoms with Crippen LogP contribution in [0, 0.1) is 0 Å². The lowest BCUT2D eigenvalue weighted by molar-refractivity contribution is -0.00877. The van der Waals surface area contributed by atoms with Crippen molar-refractivity contribution in [1.82, 2.24) is 20.0 Å². The fraction of sp³-hybridized carbons (Fsp3) is 0.565. The van der Waals surface area contributed by atoms with Crippen molar-refractivity contribution in [3.8, 4) is 11.5 Å². The third-order valence-electron chi connectivity index (χ3n) is 6.75. The third-order valence-corrected chi connectivity index (χ3v) is 6.75. The normalized spacial score (nSPS) is 23.2. The Morgan fingerprint density at radius 1 is 1.09 bits per heavy atom. The smallest absolute Gasteiger partial charge is 0.410 e. The first kappa shape index (κ1) is 21.8. The number of alkyl halides is 2. The molecule has 1 saturated carbocycles. The molecule has 3 aliphatic rings. The summed E-state index contributed by atoms with van der Waals surface area (Å²) in [6.45, 7) is 1.86. The average Bonchev–Trinajstić information content (AvgIpc) is 3.45. The Bertz CT molecular complexity index is 1040. The maximum atomic E-state index is 13.3. The molecule has 8 nitrogen and oxygen atoms in total. The van der Waals surface area contributed by atoms with Gasteiger partial charge in [-0.25, -0.2) is 4.79 Å². The monoisotopic (exact) mass is 460 g/mol. The highest BCUT2D eigenvalue weighted by atomic mass is 19.3. The summed E-state index contributed by atoms with van der Waals surface area (Å²) in [6, 6.07) is 4.89. The number of hydrogen-bond acceptors (Lipinski definition) is 6. The number of ether oxygens (including phenoxy) is 1. The molecule has 2 amide bonds. The van der Waals surface area contributed by atoms with Gasteiger partial charge in [0, 0.05) is 30.8 Å². The number of carbonyl (C=O) groups is 2. The zero-order valence-electron chi connectivity index (χ0n) is 18.2. The maximum absolute atomic E-state index is 13.3. The van der Waals surface area contributed by atoms with Crippen molar-refractivity contribution in [2.24, 2.45) is 0 Å². The number of fused-ring (bicyclic) bond motifs is 1. The van der Waals surface area contributed by atoms with Crippen LogP contribution in [0.15, 0.2) is 22.6 Å². The Morgan fingerprint density at radius 3 is 2.64 bits per heavy atom. The summed E-state index contributed by atoms with van der Waals surface area (Å²) in [7, 11) is 0. The molecule has 10 heteroatoms. The van der Waals surface area contributed by atoms with Crippen molar-refractivity contribution in [2.45, 2.75) is 70.1 Å². The van der Waals surface area contributed by atoms with Crippen LogP contribution in [0.1, 0.15) is 73.2 Å². The number of carbonyl (C=O) groups excluding carboxylic acids is 2. The van der Waals surface area contributed by atoms with Gasteiger partial charge in [0.05, 0.1) is 6.04 Å². The lowest BCUT2D eigenvalue weighted by Gasteiger charge is -2.38. The number of benzene rings is 1. The molecule has 5 rings (SSSR count). The zero-order chi connectivity index (χ0) is 22.9. The SMILES string of the molecule is O=C(O[C@@H]1CCCCC1N1Cc2ccc(-c3nnc(C(F)F)o3)cc2C1=O)N1CCCCC1. The van der Waals surface area contributed by atoms with E-state index >= 15 is 0 Å². The molecule has 2 aliphatic heterocycles. The number of hydrogen-bond donors (Lipinski definition) is 0. The summed E-state index contributed by atoms with van der Waals surface area (Å²) in [5, 5.41) is 7.03. The van der Waals surface area contributed by atoms with Gasteiger partial charge in [-0.1, -0.05) is 12.5 Å². The molecule has 1 saturated heterocycles. The van der Waals surface area contributed by atoms with Gasteiger partial charge in [-0.05, 0) is 56.2 Å². The molecule has 176 valence electrons. The van der Waals surface area contributed by atoms with E-state index in [1.807, 2.05) is 0 Å². The van der Waals surface area contributed by atoms with Crippen LogP contribution in [-0.4, -0.2) is 57.2 Å². The van der Waals surface area contributed by atoms with Crippen molar-refractivity contribution in [3.05, 3.63) is 35.2 Å². The van der Waals surface area contributed by atoms with Crippen molar-refractivity contribution < 1.29 is 27.5 Å². The van der Waals surface area contributed by atoms with E-state index in [1.165, 1.54) is 0 Å². The van der Waals surface area contributed by atoms with E-state index in [0.29, 0.717) is 17.7 Å². The van der Waals surface area contributed by atoms with E-state index in [0.717, 1.165) is 63.6 Å². The largest absolute Gasteiger partial charge is 0.444 e. The van der Waals surface area contributed by atoms with Crippen LogP contribution in [0.4, 0.5) is 13.6 Å². The van der Waals surface area contributed by atoms with Crippen LogP contribution >= 0.6 is 0 Å². The van der Waals surface area contributed by atoms with Gasteiger partial charge >= 0.3 is 12.5 Å². The molecule has 1 aromatic heterocycles. The Labute approximate surface area is 189 Å². The molecule has 0 spiro atoms. The molecule has 1 unspecified atom stereocenters. The number of amides is 2. The highest BCUT2D eigenvalue weighted by molar-refractivity contribution is 5.99. The summed E-state index contributed by atoms with van der Waals surface area (Å²) in [5.41, 5.74) is 1.74. The minimum absolute atomic E-state index is 0.0506. The Kier molecular flexibility index (Phi) is 5.99. The number of nitrogens with zero attached hydrogens (tertiary/aromatic N) is 4. The molecular weight excluding hydrogens is 434 g/mol. The van der Waals surface area contributed by atoms with Gasteiger partial charge in [-0.15, -0.1) is 10.2 Å². The second-order valence-electron chi connectivity index (χ2n) is 8.87. The van der Waals surface area contributed by atoms with Gasteiger partial charge in [0.1, 0.15) is 6.10 Å². The highest BCUT2D eigenvalue weighted by Crippen LogP contribution is 2.35. The number of aromatic nitrogens is 2. The lowest BCUT2D eigenvalue weighted by Crippen LogP contribution is -2.49. The Hall–Kier alpha value is -3.04. The van der Waals surface area contributed by atoms with E-state index in [1.54, 1.807) is 28.0 Å². The first-order valence-electron chi connectivity index (χ1n) is 11.5. The third kappa shape index (κ3) is 4.30. The maximum Gasteiger partial charge on any atom is 0.410 e. The Morgan fingerprint density at radius 2 is 1.88 bits per heavy atom. The predicted molar refractivity (Wildman–Crippen MR) is 113 cm³/mol. The average molecular weight is 460 g/mol. The standard InChI is InChI=1S/C23H26F2N4O4/c24-19(25)21-27-26-20(33-21)14-8-9-15-13-29(22(30)16(15)12-14)17-6-2-3-7-18(17)32-23(31)28-10-4-1-5-11-28/h8-9,12,17-19H,1-7,10-11,13H2/t17?,18-/m1/s1. The number of likely N-dealkylation sites (tertiary alicyclic amines) is 1. The molecule has 1 aliphatic carbocycles. The van der Waals surface area contributed by atoms with Crippen LogP contribution < -0.4 is 0 Å². The summed E-state index contributed by atoms with van der Waals surface area (Å²) < 4.78 is 36.5. The number of halogens is 2. The van der Waals surface area contributed by atoms with Gasteiger partial charge < -0.3 is 19.0 Å². The second-order valence-corrected chi connectivity index (χ2v) is 8.87. The van der Waals surface area contributed by atoms with Gasteiger partial charge in [-0.2, -0.15) is 8.78 Å². The molecule has 33 heavy (non-hydrogen) atoms. The Balaban J connectivity index is 1.32. The van der Waals surface area contributed by atoms with Crippen molar-refractivity contribution >= 4 is 12.0 Å². The summed E-state index contributed by atoms with van der Waals surface area (Å²) in [5.74, 6) is -0.962. The van der Waals surface area contributed by atoms with Crippen molar-refractivity contribution in [2.75, 3.05) is 13.1 Å². The lowest BCUT2D eigenvalue weighted by atomic mass is 9.91. The van der Waals surface area contributed by atoms with Crippen LogP contribution in [0.5, 0.6) is 0 Å². The molecular formula is C23H26F2N4O4. The first-order chi connectivity index (χ1) is 16.0. The molecule has 2 atom stereocenters.